The van der Waals surface area contributed by atoms with Gasteiger partial charge in [0.25, 0.3) is 0 Å². The Morgan fingerprint density at radius 3 is 2.93 bits per heavy atom. The number of hydrogen-bond donors (Lipinski definition) is 0. The van der Waals surface area contributed by atoms with Gasteiger partial charge >= 0.3 is 0 Å². The monoisotopic (exact) mass is 284 g/mol. The predicted octanol–water partition coefficient (Wildman–Crippen LogP) is 4.88. The van der Waals surface area contributed by atoms with Gasteiger partial charge in [0.05, 0.1) is 0 Å². The molecule has 0 N–H and O–H groups in total. The molecule has 0 nitrogen and oxygen atoms in total. The van der Waals surface area contributed by atoms with Crippen molar-refractivity contribution in [3.63, 3.8) is 0 Å². The highest BCUT2D eigenvalue weighted by atomic mass is 79.9. The normalized spacial score (nSPS) is 11.2. The highest BCUT2D eigenvalue weighted by Gasteiger charge is 2.00. The topological polar surface area (TPSA) is 0 Å². The Morgan fingerprint density at radius 1 is 1.29 bits per heavy atom. The molecule has 3 heteroatoms. The lowest BCUT2D eigenvalue weighted by Crippen LogP contribution is -1.64. The zero-order valence-electron chi connectivity index (χ0n) is 7.44. The third kappa shape index (κ3) is 2.35. The highest BCUT2D eigenvalue weighted by Crippen LogP contribution is 2.27. The Bertz CT molecular complexity index is 412. The van der Waals surface area contributed by atoms with Gasteiger partial charge in [-0.15, -0.1) is 11.3 Å². The summed E-state index contributed by atoms with van der Waals surface area (Å²) in [4.78, 5) is 1.31. The van der Waals surface area contributed by atoms with Crippen molar-refractivity contribution >= 4 is 44.7 Å². The molecule has 0 aliphatic heterocycles. The van der Waals surface area contributed by atoms with Crippen LogP contribution in [-0.4, -0.2) is 5.33 Å². The summed E-state index contributed by atoms with van der Waals surface area (Å²) in [5.41, 5.74) is 2.65. The van der Waals surface area contributed by atoms with Crippen LogP contribution in [0.15, 0.2) is 34.3 Å². The molecule has 0 atom stereocenters. The van der Waals surface area contributed by atoms with Crippen molar-refractivity contribution in [3.8, 4) is 11.1 Å². The van der Waals surface area contributed by atoms with E-state index in [1.54, 1.807) is 22.7 Å². The van der Waals surface area contributed by atoms with Gasteiger partial charge in [-0.05, 0) is 45.5 Å². The fourth-order valence-corrected chi connectivity index (χ4v) is 2.87. The second kappa shape index (κ2) is 4.91. The second-order valence-electron chi connectivity index (χ2n) is 2.81. The molecule has 2 rings (SSSR count). The van der Waals surface area contributed by atoms with E-state index in [-0.39, 0.29) is 0 Å². The van der Waals surface area contributed by atoms with E-state index in [2.05, 4.69) is 56.4 Å². The summed E-state index contributed by atoms with van der Waals surface area (Å²) in [5.74, 6) is 0. The van der Waals surface area contributed by atoms with Gasteiger partial charge in [-0.3, -0.25) is 0 Å². The van der Waals surface area contributed by atoms with Crippen molar-refractivity contribution in [3.05, 3.63) is 39.2 Å². The van der Waals surface area contributed by atoms with Gasteiger partial charge in [0.1, 0.15) is 0 Å². The van der Waals surface area contributed by atoms with E-state index in [0.29, 0.717) is 0 Å². The first-order chi connectivity index (χ1) is 6.90. The van der Waals surface area contributed by atoms with Crippen LogP contribution in [0.1, 0.15) is 4.88 Å². The maximum Gasteiger partial charge on any atom is 0.0273 e. The summed E-state index contributed by atoms with van der Waals surface area (Å²) in [7, 11) is 0. The molecular formula is C11H9BrS2. The minimum Gasteiger partial charge on any atom is -0.152 e. The van der Waals surface area contributed by atoms with Crippen molar-refractivity contribution in [2.24, 2.45) is 0 Å². The molecule has 0 aromatic carbocycles. The molecule has 72 valence electrons. The third-order valence-electron chi connectivity index (χ3n) is 1.85. The summed E-state index contributed by atoms with van der Waals surface area (Å²) in [5, 5.41) is 7.41. The lowest BCUT2D eigenvalue weighted by molar-refractivity contribution is 1.80. The van der Waals surface area contributed by atoms with Crippen LogP contribution in [0.25, 0.3) is 17.2 Å². The maximum absolute atomic E-state index is 3.37. The molecule has 2 aromatic rings. The molecule has 0 spiro atoms. The fourth-order valence-electron chi connectivity index (χ4n) is 1.18. The number of thiophene rings is 2. The van der Waals surface area contributed by atoms with Crippen LogP contribution in [-0.2, 0) is 0 Å². The van der Waals surface area contributed by atoms with E-state index in [0.717, 1.165) is 5.33 Å². The van der Waals surface area contributed by atoms with Crippen molar-refractivity contribution in [1.82, 2.24) is 0 Å². The first kappa shape index (κ1) is 10.1. The Morgan fingerprint density at radius 2 is 2.21 bits per heavy atom. The van der Waals surface area contributed by atoms with Gasteiger partial charge in [0.15, 0.2) is 0 Å². The van der Waals surface area contributed by atoms with Gasteiger partial charge in [-0.25, -0.2) is 0 Å². The minimum absolute atomic E-state index is 0.915. The van der Waals surface area contributed by atoms with Crippen LogP contribution in [0.2, 0.25) is 0 Å². The summed E-state index contributed by atoms with van der Waals surface area (Å²) in [6.07, 6.45) is 4.26. The lowest BCUT2D eigenvalue weighted by atomic mass is 10.2. The van der Waals surface area contributed by atoms with Crippen LogP contribution < -0.4 is 0 Å². The third-order valence-corrected chi connectivity index (χ3v) is 3.80. The zero-order chi connectivity index (χ0) is 9.80. The molecule has 0 bridgehead atoms. The van der Waals surface area contributed by atoms with Crippen LogP contribution in [0.5, 0.6) is 0 Å². The van der Waals surface area contributed by atoms with Gasteiger partial charge in [-0.2, -0.15) is 11.3 Å². The summed E-state index contributed by atoms with van der Waals surface area (Å²) < 4.78 is 0. The molecule has 0 aliphatic carbocycles. The molecule has 14 heavy (non-hydrogen) atoms. The molecule has 2 aromatic heterocycles. The number of allylic oxidation sites excluding steroid dienone is 1. The van der Waals surface area contributed by atoms with Gasteiger partial charge < -0.3 is 0 Å². The van der Waals surface area contributed by atoms with Crippen molar-refractivity contribution < 1.29 is 0 Å². The maximum atomic E-state index is 3.37. The van der Waals surface area contributed by atoms with Gasteiger partial charge in [0.2, 0.25) is 0 Å². The molecule has 0 unspecified atom stereocenters. The predicted molar refractivity (Wildman–Crippen MR) is 70.5 cm³/mol. The van der Waals surface area contributed by atoms with E-state index in [1.165, 1.54) is 16.0 Å². The molecule has 2 heterocycles. The molecular weight excluding hydrogens is 276 g/mol. The number of halogens is 1. The van der Waals surface area contributed by atoms with Crippen molar-refractivity contribution in [2.45, 2.75) is 0 Å². The van der Waals surface area contributed by atoms with E-state index in [9.17, 15) is 0 Å². The summed E-state index contributed by atoms with van der Waals surface area (Å²) in [6, 6.07) is 4.39. The van der Waals surface area contributed by atoms with E-state index in [4.69, 9.17) is 0 Å². The highest BCUT2D eigenvalue weighted by molar-refractivity contribution is 9.09. The van der Waals surface area contributed by atoms with Crippen LogP contribution in [0.4, 0.5) is 0 Å². The Hall–Kier alpha value is -0.380. The Kier molecular flexibility index (Phi) is 3.56. The van der Waals surface area contributed by atoms with E-state index >= 15 is 0 Å². The molecule has 0 saturated heterocycles. The lowest BCUT2D eigenvalue weighted by Gasteiger charge is -1.87. The first-order valence-electron chi connectivity index (χ1n) is 4.24. The smallest absolute Gasteiger partial charge is 0.0273 e. The largest absolute Gasteiger partial charge is 0.152 e. The quantitative estimate of drug-likeness (QED) is 0.705. The number of rotatable bonds is 3. The number of hydrogen-bond acceptors (Lipinski definition) is 2. The summed E-state index contributed by atoms with van der Waals surface area (Å²) >= 11 is 6.90. The SMILES string of the molecule is BrC/C=C/c1cc(-c2ccsc2)cs1. The van der Waals surface area contributed by atoms with E-state index < -0.39 is 0 Å². The zero-order valence-corrected chi connectivity index (χ0v) is 10.7. The van der Waals surface area contributed by atoms with Crippen LogP contribution in [0, 0.1) is 0 Å². The van der Waals surface area contributed by atoms with Gasteiger partial charge in [-0.1, -0.05) is 22.0 Å². The molecule has 0 saturated carbocycles. The van der Waals surface area contributed by atoms with Crippen LogP contribution >= 0.6 is 38.6 Å². The van der Waals surface area contributed by atoms with Gasteiger partial charge in [0, 0.05) is 10.2 Å². The second-order valence-corrected chi connectivity index (χ2v) is 5.18. The summed E-state index contributed by atoms with van der Waals surface area (Å²) in [6.45, 7) is 0. The van der Waals surface area contributed by atoms with Crippen molar-refractivity contribution in [2.75, 3.05) is 5.33 Å². The standard InChI is InChI=1S/C11H9BrS2/c12-4-1-2-11-6-10(8-14-11)9-3-5-13-7-9/h1-3,5-8H,4H2/b2-1+. The average molecular weight is 285 g/mol. The van der Waals surface area contributed by atoms with Crippen molar-refractivity contribution in [1.29, 1.82) is 0 Å². The molecule has 0 aliphatic rings. The fraction of sp³-hybridized carbons (Fsp3) is 0.0909. The molecule has 0 amide bonds. The van der Waals surface area contributed by atoms with E-state index in [1.807, 2.05) is 0 Å². The number of alkyl halides is 1. The molecule has 0 radical (unpaired) electrons. The first-order valence-corrected chi connectivity index (χ1v) is 7.18. The Labute approximate surface area is 100 Å². The average Bonchev–Trinajstić information content (AvgIpc) is 2.85. The minimum atomic E-state index is 0.915. The Balaban J connectivity index is 2.22. The van der Waals surface area contributed by atoms with Crippen LogP contribution in [0.3, 0.4) is 0 Å². The molecule has 0 fully saturated rings.